The van der Waals surface area contributed by atoms with Crippen molar-refractivity contribution in [2.24, 2.45) is 0 Å². The number of nitrogens with one attached hydrogen (secondary N) is 1. The molecule has 4 rings (SSSR count). The molecule has 1 saturated heterocycles. The number of nitrogens with zero attached hydrogens (tertiary/aromatic N) is 6. The Morgan fingerprint density at radius 2 is 2.00 bits per heavy atom. The Morgan fingerprint density at radius 3 is 2.72 bits per heavy atom. The molecular formula is C19H24N8S2. The lowest BCUT2D eigenvalue weighted by molar-refractivity contribution is 0.311. The molecule has 0 bridgehead atoms. The van der Waals surface area contributed by atoms with Crippen LogP contribution in [0.5, 0.6) is 0 Å². The molecule has 0 aliphatic carbocycles. The molecule has 0 saturated carbocycles. The number of benzene rings is 1. The van der Waals surface area contributed by atoms with Gasteiger partial charge >= 0.3 is 0 Å². The van der Waals surface area contributed by atoms with Gasteiger partial charge in [0.25, 0.3) is 0 Å². The number of piperazine rings is 1. The number of aromatic nitrogens is 4. The van der Waals surface area contributed by atoms with Crippen LogP contribution in [0.3, 0.4) is 0 Å². The molecule has 10 heteroatoms. The lowest BCUT2D eigenvalue weighted by Crippen LogP contribution is -2.45. The van der Waals surface area contributed by atoms with Crippen LogP contribution in [0.25, 0.3) is 0 Å². The van der Waals surface area contributed by atoms with E-state index in [1.54, 1.807) is 11.3 Å². The van der Waals surface area contributed by atoms with Crippen molar-refractivity contribution in [2.75, 3.05) is 49.2 Å². The van der Waals surface area contributed by atoms with Gasteiger partial charge in [0, 0.05) is 47.8 Å². The highest BCUT2D eigenvalue weighted by molar-refractivity contribution is 7.99. The molecule has 0 spiro atoms. The Hall–Kier alpha value is -2.43. The Labute approximate surface area is 178 Å². The fraction of sp³-hybridized carbons (Fsp3) is 0.368. The van der Waals surface area contributed by atoms with E-state index in [4.69, 9.17) is 10.7 Å². The van der Waals surface area contributed by atoms with E-state index < -0.39 is 0 Å². The van der Waals surface area contributed by atoms with Crippen LogP contribution in [0.15, 0.2) is 40.5 Å². The average molecular weight is 429 g/mol. The molecule has 2 aromatic heterocycles. The monoisotopic (exact) mass is 428 g/mol. The molecule has 0 unspecified atom stereocenters. The number of nitrogen functional groups attached to an aromatic ring is 1. The summed E-state index contributed by atoms with van der Waals surface area (Å²) in [4.78, 5) is 25.2. The Kier molecular flexibility index (Phi) is 6.12. The first-order valence-electron chi connectivity index (χ1n) is 9.54. The minimum absolute atomic E-state index is 0.511. The lowest BCUT2D eigenvalue weighted by Gasteiger charge is -2.32. The second kappa shape index (κ2) is 8.93. The first-order valence-corrected chi connectivity index (χ1v) is 11.2. The molecule has 29 heavy (non-hydrogen) atoms. The molecule has 1 aliphatic heterocycles. The molecule has 3 N–H and O–H groups in total. The predicted molar refractivity (Wildman–Crippen MR) is 119 cm³/mol. The van der Waals surface area contributed by atoms with Crippen LogP contribution in [-0.4, -0.2) is 58.1 Å². The van der Waals surface area contributed by atoms with E-state index in [2.05, 4.69) is 44.0 Å². The fourth-order valence-corrected chi connectivity index (χ4v) is 4.46. The van der Waals surface area contributed by atoms with E-state index >= 15 is 0 Å². The highest BCUT2D eigenvalue weighted by atomic mass is 32.2. The van der Waals surface area contributed by atoms with Crippen LogP contribution >= 0.6 is 23.1 Å². The molecule has 0 radical (unpaired) electrons. The van der Waals surface area contributed by atoms with E-state index in [1.165, 1.54) is 16.6 Å². The van der Waals surface area contributed by atoms with Crippen LogP contribution < -0.4 is 16.0 Å². The van der Waals surface area contributed by atoms with Gasteiger partial charge < -0.3 is 15.5 Å². The topological polar surface area (TPSA) is 96.1 Å². The van der Waals surface area contributed by atoms with Crippen LogP contribution in [0.1, 0.15) is 11.8 Å². The van der Waals surface area contributed by atoms with Gasteiger partial charge in [0.1, 0.15) is 0 Å². The van der Waals surface area contributed by atoms with Crippen molar-refractivity contribution in [3.05, 3.63) is 35.3 Å². The lowest BCUT2D eigenvalue weighted by atomic mass is 10.3. The van der Waals surface area contributed by atoms with E-state index in [-0.39, 0.29) is 0 Å². The van der Waals surface area contributed by atoms with Crippen molar-refractivity contribution in [1.29, 1.82) is 0 Å². The number of aryl methyl sites for hydroxylation is 1. The maximum atomic E-state index is 5.92. The first kappa shape index (κ1) is 19.9. The molecule has 3 aromatic rings. The van der Waals surface area contributed by atoms with Crippen molar-refractivity contribution >= 4 is 45.8 Å². The highest BCUT2D eigenvalue weighted by Gasteiger charge is 2.19. The third kappa shape index (κ3) is 5.14. The summed E-state index contributed by atoms with van der Waals surface area (Å²) < 4.78 is 0. The molecule has 8 nitrogen and oxygen atoms in total. The zero-order valence-electron chi connectivity index (χ0n) is 16.5. The highest BCUT2D eigenvalue weighted by Crippen LogP contribution is 2.29. The Bertz CT molecular complexity index is 968. The average Bonchev–Trinajstić information content (AvgIpc) is 3.16. The summed E-state index contributed by atoms with van der Waals surface area (Å²) in [6.45, 7) is 5.86. The summed E-state index contributed by atoms with van der Waals surface area (Å²) in [5, 5.41) is 4.68. The SMILES string of the molecule is CCc1cnc(Nc2nc(Sc3cccc(N)c3)nc(N3CCN(C)CC3)n2)s1. The first-order chi connectivity index (χ1) is 14.1. The van der Waals surface area contributed by atoms with Gasteiger partial charge in [-0.2, -0.15) is 15.0 Å². The van der Waals surface area contributed by atoms with Crippen molar-refractivity contribution in [1.82, 2.24) is 24.8 Å². The number of thiazole rings is 1. The van der Waals surface area contributed by atoms with Gasteiger partial charge in [-0.25, -0.2) is 4.98 Å². The van der Waals surface area contributed by atoms with Crippen LogP contribution in [0.2, 0.25) is 0 Å². The number of anilines is 4. The second-order valence-electron chi connectivity index (χ2n) is 6.82. The Morgan fingerprint density at radius 1 is 1.17 bits per heavy atom. The summed E-state index contributed by atoms with van der Waals surface area (Å²) in [6.07, 6.45) is 2.84. The molecule has 1 fully saturated rings. The Balaban J connectivity index is 1.62. The maximum Gasteiger partial charge on any atom is 0.234 e. The van der Waals surface area contributed by atoms with Gasteiger partial charge in [-0.1, -0.05) is 13.0 Å². The standard InChI is InChI=1S/C19H24N8S2/c1-3-14-12-21-18(28-14)23-16-22-17(27-9-7-26(2)8-10-27)25-19(24-16)29-15-6-4-5-13(20)11-15/h4-6,11-12H,3,7-10,20H2,1-2H3,(H,21,22,23,24,25). The van der Waals surface area contributed by atoms with Crippen molar-refractivity contribution < 1.29 is 0 Å². The number of hydrogen-bond donors (Lipinski definition) is 2. The normalized spacial score (nSPS) is 14.9. The predicted octanol–water partition coefficient (Wildman–Crippen LogP) is 3.12. The third-order valence-electron chi connectivity index (χ3n) is 4.58. The molecule has 0 atom stereocenters. The minimum atomic E-state index is 0.511. The van der Waals surface area contributed by atoms with E-state index in [0.29, 0.717) is 17.1 Å². The fourth-order valence-electron chi connectivity index (χ4n) is 2.90. The summed E-state index contributed by atoms with van der Waals surface area (Å²) in [6, 6.07) is 7.72. The molecule has 0 amide bonds. The zero-order valence-corrected chi connectivity index (χ0v) is 18.1. The summed E-state index contributed by atoms with van der Waals surface area (Å²) >= 11 is 3.09. The van der Waals surface area contributed by atoms with E-state index in [1.807, 2.05) is 30.5 Å². The minimum Gasteiger partial charge on any atom is -0.399 e. The molecule has 1 aromatic carbocycles. The van der Waals surface area contributed by atoms with Crippen LogP contribution in [0.4, 0.5) is 22.7 Å². The number of likely N-dealkylation sites (N-methyl/N-ethyl adjacent to an activating group) is 1. The largest absolute Gasteiger partial charge is 0.399 e. The molecule has 152 valence electrons. The van der Waals surface area contributed by atoms with Crippen LogP contribution in [-0.2, 0) is 6.42 Å². The van der Waals surface area contributed by atoms with Gasteiger partial charge in [0.05, 0.1) is 0 Å². The number of hydrogen-bond acceptors (Lipinski definition) is 10. The van der Waals surface area contributed by atoms with E-state index in [0.717, 1.165) is 48.3 Å². The van der Waals surface area contributed by atoms with Crippen molar-refractivity contribution in [3.8, 4) is 0 Å². The quantitative estimate of drug-likeness (QED) is 0.574. The summed E-state index contributed by atoms with van der Waals surface area (Å²) in [7, 11) is 2.13. The van der Waals surface area contributed by atoms with Gasteiger partial charge in [-0.15, -0.1) is 11.3 Å². The van der Waals surface area contributed by atoms with Gasteiger partial charge in [0.15, 0.2) is 10.3 Å². The zero-order chi connectivity index (χ0) is 20.2. The number of rotatable bonds is 6. The molecule has 3 heterocycles. The van der Waals surface area contributed by atoms with E-state index in [9.17, 15) is 0 Å². The smallest absolute Gasteiger partial charge is 0.234 e. The molecular weight excluding hydrogens is 404 g/mol. The summed E-state index contributed by atoms with van der Waals surface area (Å²) in [5.74, 6) is 1.20. The summed E-state index contributed by atoms with van der Waals surface area (Å²) in [5.41, 5.74) is 6.64. The van der Waals surface area contributed by atoms with Gasteiger partial charge in [0.2, 0.25) is 11.9 Å². The maximum absolute atomic E-state index is 5.92. The van der Waals surface area contributed by atoms with Crippen molar-refractivity contribution in [3.63, 3.8) is 0 Å². The number of nitrogens with two attached hydrogens (primary N) is 1. The van der Waals surface area contributed by atoms with Gasteiger partial charge in [-0.05, 0) is 43.4 Å². The van der Waals surface area contributed by atoms with Crippen molar-refractivity contribution in [2.45, 2.75) is 23.4 Å². The molecule has 1 aliphatic rings. The third-order valence-corrected chi connectivity index (χ3v) is 6.49. The second-order valence-corrected chi connectivity index (χ2v) is 8.97. The van der Waals surface area contributed by atoms with Gasteiger partial charge in [-0.3, -0.25) is 5.32 Å². The van der Waals surface area contributed by atoms with Crippen LogP contribution in [0, 0.1) is 0 Å².